The van der Waals surface area contributed by atoms with Crippen LogP contribution in [0.2, 0.25) is 0 Å². The van der Waals surface area contributed by atoms with Gasteiger partial charge in [0.2, 0.25) is 0 Å². The Bertz CT molecular complexity index is 307. The molecule has 2 nitrogen and oxygen atoms in total. The molecule has 1 rings (SSSR count). The quantitative estimate of drug-likeness (QED) is 0.560. The van der Waals surface area contributed by atoms with Crippen molar-refractivity contribution < 1.29 is 0 Å². The minimum Gasteiger partial charge on any atom is -0.279 e. The molecule has 14 heavy (non-hydrogen) atoms. The minimum absolute atomic E-state index is 0.127. The van der Waals surface area contributed by atoms with E-state index in [1.165, 1.54) is 0 Å². The highest BCUT2D eigenvalue weighted by atomic mass is 15.3. The predicted molar refractivity (Wildman–Crippen MR) is 62.6 cm³/mol. The van der Waals surface area contributed by atoms with E-state index in [-0.39, 0.29) is 5.41 Å². The van der Waals surface area contributed by atoms with Gasteiger partial charge in [0, 0.05) is 11.1 Å². The lowest BCUT2D eigenvalue weighted by atomic mass is 9.91. The summed E-state index contributed by atoms with van der Waals surface area (Å²) >= 11 is 0. The molecule has 1 N–H and O–H groups in total. The van der Waals surface area contributed by atoms with Crippen LogP contribution < -0.4 is 5.43 Å². The highest BCUT2D eigenvalue weighted by Gasteiger charge is 2.13. The van der Waals surface area contributed by atoms with Crippen LogP contribution in [0.4, 0.5) is 5.69 Å². The lowest BCUT2D eigenvalue weighted by Crippen LogP contribution is -2.18. The van der Waals surface area contributed by atoms with Gasteiger partial charge in [-0.15, -0.1) is 0 Å². The van der Waals surface area contributed by atoms with Crippen molar-refractivity contribution >= 4 is 11.4 Å². The van der Waals surface area contributed by atoms with Gasteiger partial charge < -0.3 is 0 Å². The fourth-order valence-corrected chi connectivity index (χ4v) is 0.829. The third kappa shape index (κ3) is 3.21. The third-order valence-corrected chi connectivity index (χ3v) is 2.21. The molecule has 1 aromatic carbocycles. The zero-order chi connectivity index (χ0) is 10.6. The molecule has 0 aromatic heterocycles. The molecule has 0 aliphatic carbocycles. The number of hydrogen-bond donors (Lipinski definition) is 1. The molecule has 0 radical (unpaired) electrons. The van der Waals surface area contributed by atoms with E-state index in [2.05, 4.69) is 31.3 Å². The van der Waals surface area contributed by atoms with Gasteiger partial charge in [0.05, 0.1) is 5.69 Å². The number of hydrazone groups is 1. The third-order valence-electron chi connectivity index (χ3n) is 2.21. The van der Waals surface area contributed by atoms with Crippen molar-refractivity contribution in [2.45, 2.75) is 27.7 Å². The van der Waals surface area contributed by atoms with Crippen LogP contribution in [0, 0.1) is 5.41 Å². The molecule has 0 aliphatic rings. The number of hydrogen-bond acceptors (Lipinski definition) is 2. The fraction of sp³-hybridized carbons (Fsp3) is 0.417. The van der Waals surface area contributed by atoms with Gasteiger partial charge in [0.1, 0.15) is 0 Å². The van der Waals surface area contributed by atoms with Crippen LogP contribution in [-0.4, -0.2) is 5.71 Å². The maximum absolute atomic E-state index is 4.33. The molecule has 0 saturated carbocycles. The summed E-state index contributed by atoms with van der Waals surface area (Å²) < 4.78 is 0. The lowest BCUT2D eigenvalue weighted by molar-refractivity contribution is 0.587. The van der Waals surface area contributed by atoms with Crippen LogP contribution >= 0.6 is 0 Å². The second-order valence-electron chi connectivity index (χ2n) is 4.43. The molecule has 0 atom stereocenters. The molecule has 0 unspecified atom stereocenters. The van der Waals surface area contributed by atoms with Crippen molar-refractivity contribution in [2.75, 3.05) is 5.43 Å². The van der Waals surface area contributed by atoms with Gasteiger partial charge in [-0.1, -0.05) is 39.0 Å². The highest BCUT2D eigenvalue weighted by Crippen LogP contribution is 2.16. The second kappa shape index (κ2) is 4.27. The van der Waals surface area contributed by atoms with Crippen LogP contribution in [0.1, 0.15) is 27.7 Å². The van der Waals surface area contributed by atoms with Crippen molar-refractivity contribution in [3.05, 3.63) is 30.3 Å². The monoisotopic (exact) mass is 190 g/mol. The Morgan fingerprint density at radius 3 is 2.21 bits per heavy atom. The van der Waals surface area contributed by atoms with Gasteiger partial charge in [-0.05, 0) is 19.1 Å². The Balaban J connectivity index is 2.65. The van der Waals surface area contributed by atoms with Crippen molar-refractivity contribution in [1.29, 1.82) is 0 Å². The first kappa shape index (κ1) is 10.8. The maximum atomic E-state index is 4.33. The molecular formula is C12H18N2. The van der Waals surface area contributed by atoms with E-state index in [4.69, 9.17) is 0 Å². The first-order valence-corrected chi connectivity index (χ1v) is 4.86. The number of rotatable bonds is 2. The SMILES string of the molecule is CC(=NNc1ccccc1)C(C)(C)C. The van der Waals surface area contributed by atoms with Crippen molar-refractivity contribution in [1.82, 2.24) is 0 Å². The average Bonchev–Trinajstić information content (AvgIpc) is 2.14. The summed E-state index contributed by atoms with van der Waals surface area (Å²) in [5.41, 5.74) is 5.29. The zero-order valence-corrected chi connectivity index (χ0v) is 9.33. The Morgan fingerprint density at radius 2 is 1.71 bits per heavy atom. The lowest BCUT2D eigenvalue weighted by Gasteiger charge is -2.17. The van der Waals surface area contributed by atoms with Gasteiger partial charge in [-0.2, -0.15) is 5.10 Å². The summed E-state index contributed by atoms with van der Waals surface area (Å²) in [6, 6.07) is 9.97. The average molecular weight is 190 g/mol. The molecular weight excluding hydrogens is 172 g/mol. The smallest absolute Gasteiger partial charge is 0.0561 e. The first-order chi connectivity index (χ1) is 6.50. The van der Waals surface area contributed by atoms with Crippen LogP contribution in [-0.2, 0) is 0 Å². The van der Waals surface area contributed by atoms with Crippen LogP contribution in [0.15, 0.2) is 35.4 Å². The molecule has 1 aromatic rings. The van der Waals surface area contributed by atoms with Gasteiger partial charge in [-0.25, -0.2) is 0 Å². The molecule has 0 amide bonds. The summed E-state index contributed by atoms with van der Waals surface area (Å²) in [7, 11) is 0. The molecule has 0 bridgehead atoms. The molecule has 0 heterocycles. The summed E-state index contributed by atoms with van der Waals surface area (Å²) in [6.07, 6.45) is 0. The Hall–Kier alpha value is -1.31. The van der Waals surface area contributed by atoms with Gasteiger partial charge in [0.25, 0.3) is 0 Å². The van der Waals surface area contributed by atoms with Crippen LogP contribution in [0.25, 0.3) is 0 Å². The van der Waals surface area contributed by atoms with Crippen molar-refractivity contribution in [3.8, 4) is 0 Å². The molecule has 2 heteroatoms. The standard InChI is InChI=1S/C12H18N2/c1-10(12(2,3)4)13-14-11-8-6-5-7-9-11/h5-9,14H,1-4H3. The van der Waals surface area contributed by atoms with E-state index < -0.39 is 0 Å². The molecule has 0 saturated heterocycles. The van der Waals surface area contributed by atoms with E-state index >= 15 is 0 Å². The van der Waals surface area contributed by atoms with E-state index in [1.54, 1.807) is 0 Å². The number of nitrogens with zero attached hydrogens (tertiary/aromatic N) is 1. The van der Waals surface area contributed by atoms with E-state index in [1.807, 2.05) is 37.3 Å². The van der Waals surface area contributed by atoms with E-state index in [0.29, 0.717) is 0 Å². The summed E-state index contributed by atoms with van der Waals surface area (Å²) in [5.74, 6) is 0. The first-order valence-electron chi connectivity index (χ1n) is 4.86. The number of nitrogens with one attached hydrogen (secondary N) is 1. The maximum Gasteiger partial charge on any atom is 0.0561 e. The van der Waals surface area contributed by atoms with Crippen LogP contribution in [0.3, 0.4) is 0 Å². The minimum atomic E-state index is 0.127. The van der Waals surface area contributed by atoms with Gasteiger partial charge in [0.15, 0.2) is 0 Å². The fourth-order valence-electron chi connectivity index (χ4n) is 0.829. The Kier molecular flexibility index (Phi) is 3.28. The molecule has 0 spiro atoms. The molecule has 76 valence electrons. The van der Waals surface area contributed by atoms with E-state index in [0.717, 1.165) is 11.4 Å². The van der Waals surface area contributed by atoms with Crippen LogP contribution in [0.5, 0.6) is 0 Å². The Morgan fingerprint density at radius 1 is 1.14 bits per heavy atom. The number of benzene rings is 1. The number of anilines is 1. The summed E-state index contributed by atoms with van der Waals surface area (Å²) in [6.45, 7) is 8.49. The second-order valence-corrected chi connectivity index (χ2v) is 4.43. The van der Waals surface area contributed by atoms with Gasteiger partial charge >= 0.3 is 0 Å². The number of para-hydroxylation sites is 1. The largest absolute Gasteiger partial charge is 0.279 e. The van der Waals surface area contributed by atoms with Gasteiger partial charge in [-0.3, -0.25) is 5.43 Å². The molecule has 0 aliphatic heterocycles. The molecule has 0 fully saturated rings. The normalized spacial score (nSPS) is 12.7. The Labute approximate surface area is 86.0 Å². The zero-order valence-electron chi connectivity index (χ0n) is 9.33. The summed E-state index contributed by atoms with van der Waals surface area (Å²) in [5, 5.41) is 4.33. The topological polar surface area (TPSA) is 24.4 Å². The predicted octanol–water partition coefficient (Wildman–Crippen LogP) is 3.52. The van der Waals surface area contributed by atoms with E-state index in [9.17, 15) is 0 Å². The highest BCUT2D eigenvalue weighted by molar-refractivity contribution is 5.87. The van der Waals surface area contributed by atoms with Crippen molar-refractivity contribution in [3.63, 3.8) is 0 Å². The van der Waals surface area contributed by atoms with Crippen molar-refractivity contribution in [2.24, 2.45) is 10.5 Å². The summed E-state index contributed by atoms with van der Waals surface area (Å²) in [4.78, 5) is 0.